The summed E-state index contributed by atoms with van der Waals surface area (Å²) in [5, 5.41) is 3.12. The standard InChI is InChI=1S/C13H20N2O2S/c1-10(14-2)12-5-7-13(8-6-12)18(16,17)15-9-11-3-4-11/h5-8,10-11,14-15H,3-4,9H2,1-2H3. The van der Waals surface area contributed by atoms with Gasteiger partial charge in [-0.15, -0.1) is 0 Å². The molecule has 0 saturated heterocycles. The maximum Gasteiger partial charge on any atom is 0.240 e. The van der Waals surface area contributed by atoms with E-state index < -0.39 is 10.0 Å². The summed E-state index contributed by atoms with van der Waals surface area (Å²) in [6.07, 6.45) is 2.28. The molecular formula is C13H20N2O2S. The molecule has 4 nitrogen and oxygen atoms in total. The summed E-state index contributed by atoms with van der Waals surface area (Å²) < 4.78 is 26.6. The first-order valence-electron chi connectivity index (χ1n) is 6.30. The van der Waals surface area contributed by atoms with Gasteiger partial charge in [0.25, 0.3) is 0 Å². The maximum atomic E-state index is 12.0. The average molecular weight is 268 g/mol. The highest BCUT2D eigenvalue weighted by Crippen LogP contribution is 2.28. The van der Waals surface area contributed by atoms with Crippen LogP contribution in [0.1, 0.15) is 31.4 Å². The van der Waals surface area contributed by atoms with E-state index in [0.29, 0.717) is 17.4 Å². The predicted octanol–water partition coefficient (Wildman–Crippen LogP) is 1.66. The van der Waals surface area contributed by atoms with Crippen LogP contribution in [0.3, 0.4) is 0 Å². The Morgan fingerprint density at radius 2 is 1.89 bits per heavy atom. The Kier molecular flexibility index (Phi) is 4.04. The molecule has 0 radical (unpaired) electrons. The van der Waals surface area contributed by atoms with E-state index in [-0.39, 0.29) is 6.04 Å². The lowest BCUT2D eigenvalue weighted by atomic mass is 10.1. The molecule has 5 heteroatoms. The van der Waals surface area contributed by atoms with Gasteiger partial charge in [0.1, 0.15) is 0 Å². The van der Waals surface area contributed by atoms with Gasteiger partial charge in [0.2, 0.25) is 10.0 Å². The molecule has 100 valence electrons. The summed E-state index contributed by atoms with van der Waals surface area (Å²) in [7, 11) is -1.45. The zero-order valence-corrected chi connectivity index (χ0v) is 11.6. The molecule has 0 bridgehead atoms. The van der Waals surface area contributed by atoms with E-state index in [1.807, 2.05) is 26.1 Å². The SMILES string of the molecule is CNC(C)c1ccc(S(=O)(=O)NCC2CC2)cc1. The molecule has 2 rings (SSSR count). The molecule has 0 aliphatic heterocycles. The molecule has 0 amide bonds. The lowest BCUT2D eigenvalue weighted by Crippen LogP contribution is -2.25. The van der Waals surface area contributed by atoms with Crippen LogP contribution in [-0.2, 0) is 10.0 Å². The Bertz CT molecular complexity index is 492. The highest BCUT2D eigenvalue weighted by molar-refractivity contribution is 7.89. The highest BCUT2D eigenvalue weighted by atomic mass is 32.2. The first-order valence-corrected chi connectivity index (χ1v) is 7.78. The Morgan fingerprint density at radius 3 is 2.39 bits per heavy atom. The largest absolute Gasteiger partial charge is 0.313 e. The van der Waals surface area contributed by atoms with Crippen LogP contribution in [0.15, 0.2) is 29.2 Å². The summed E-state index contributed by atoms with van der Waals surface area (Å²) in [4.78, 5) is 0.343. The van der Waals surface area contributed by atoms with Crippen molar-refractivity contribution in [3.63, 3.8) is 0 Å². The smallest absolute Gasteiger partial charge is 0.240 e. The Labute approximate surface area is 109 Å². The second-order valence-corrected chi connectivity index (χ2v) is 6.64. The van der Waals surface area contributed by atoms with Gasteiger partial charge in [0.15, 0.2) is 0 Å². The van der Waals surface area contributed by atoms with E-state index in [9.17, 15) is 8.42 Å². The maximum absolute atomic E-state index is 12.0. The van der Waals surface area contributed by atoms with Gasteiger partial charge in [-0.1, -0.05) is 12.1 Å². The van der Waals surface area contributed by atoms with Crippen molar-refractivity contribution >= 4 is 10.0 Å². The van der Waals surface area contributed by atoms with Gasteiger partial charge >= 0.3 is 0 Å². The third-order valence-electron chi connectivity index (χ3n) is 3.38. The van der Waals surface area contributed by atoms with Crippen molar-refractivity contribution in [3.8, 4) is 0 Å². The summed E-state index contributed by atoms with van der Waals surface area (Å²) in [6, 6.07) is 7.26. The van der Waals surface area contributed by atoms with Crippen molar-refractivity contribution in [1.82, 2.24) is 10.0 Å². The van der Waals surface area contributed by atoms with Crippen molar-refractivity contribution in [2.24, 2.45) is 5.92 Å². The first kappa shape index (κ1) is 13.5. The molecule has 0 heterocycles. The molecule has 1 aromatic rings. The number of benzene rings is 1. The van der Waals surface area contributed by atoms with Crippen molar-refractivity contribution < 1.29 is 8.42 Å². The third-order valence-corrected chi connectivity index (χ3v) is 4.82. The average Bonchev–Trinajstić information content (AvgIpc) is 3.20. The topological polar surface area (TPSA) is 58.2 Å². The fraction of sp³-hybridized carbons (Fsp3) is 0.538. The normalized spacial score (nSPS) is 17.7. The quantitative estimate of drug-likeness (QED) is 0.825. The molecular weight excluding hydrogens is 248 g/mol. The minimum atomic E-state index is -3.33. The number of hydrogen-bond acceptors (Lipinski definition) is 3. The van der Waals surface area contributed by atoms with Crippen LogP contribution < -0.4 is 10.0 Å². The summed E-state index contributed by atoms with van der Waals surface area (Å²) in [6.45, 7) is 2.60. The van der Waals surface area contributed by atoms with Gasteiger partial charge in [-0.05, 0) is 50.4 Å². The van der Waals surface area contributed by atoms with E-state index in [0.717, 1.165) is 18.4 Å². The van der Waals surface area contributed by atoms with E-state index in [1.54, 1.807) is 12.1 Å². The molecule has 1 fully saturated rings. The molecule has 1 unspecified atom stereocenters. The fourth-order valence-electron chi connectivity index (χ4n) is 1.74. The Balaban J connectivity index is 2.07. The van der Waals surface area contributed by atoms with Crippen molar-refractivity contribution in [1.29, 1.82) is 0 Å². The number of rotatable bonds is 6. The second-order valence-electron chi connectivity index (χ2n) is 4.87. The Morgan fingerprint density at radius 1 is 1.28 bits per heavy atom. The van der Waals surface area contributed by atoms with E-state index in [1.165, 1.54) is 0 Å². The van der Waals surface area contributed by atoms with E-state index in [4.69, 9.17) is 0 Å². The van der Waals surface area contributed by atoms with Crippen LogP contribution in [0.25, 0.3) is 0 Å². The van der Waals surface area contributed by atoms with Crippen LogP contribution in [0.5, 0.6) is 0 Å². The highest BCUT2D eigenvalue weighted by Gasteiger charge is 2.24. The predicted molar refractivity (Wildman–Crippen MR) is 71.8 cm³/mol. The molecule has 1 aliphatic carbocycles. The van der Waals surface area contributed by atoms with Crippen LogP contribution >= 0.6 is 0 Å². The molecule has 0 spiro atoms. The number of sulfonamides is 1. The first-order chi connectivity index (χ1) is 8.53. The van der Waals surface area contributed by atoms with Crippen molar-refractivity contribution in [2.75, 3.05) is 13.6 Å². The minimum Gasteiger partial charge on any atom is -0.313 e. The van der Waals surface area contributed by atoms with Gasteiger partial charge in [-0.25, -0.2) is 13.1 Å². The Hall–Kier alpha value is -0.910. The zero-order chi connectivity index (χ0) is 13.2. The minimum absolute atomic E-state index is 0.223. The number of nitrogens with one attached hydrogen (secondary N) is 2. The monoisotopic (exact) mass is 268 g/mol. The summed E-state index contributed by atoms with van der Waals surface area (Å²) in [5.41, 5.74) is 1.08. The zero-order valence-electron chi connectivity index (χ0n) is 10.8. The molecule has 1 saturated carbocycles. The molecule has 1 aliphatic rings. The molecule has 0 aromatic heterocycles. The van der Waals surface area contributed by atoms with Crippen molar-refractivity contribution in [2.45, 2.75) is 30.7 Å². The van der Waals surface area contributed by atoms with E-state index >= 15 is 0 Å². The summed E-state index contributed by atoms with van der Waals surface area (Å²) in [5.74, 6) is 0.545. The van der Waals surface area contributed by atoms with Crippen LogP contribution in [-0.4, -0.2) is 22.0 Å². The van der Waals surface area contributed by atoms with Gasteiger partial charge in [0, 0.05) is 12.6 Å². The van der Waals surface area contributed by atoms with Crippen molar-refractivity contribution in [3.05, 3.63) is 29.8 Å². The second kappa shape index (κ2) is 5.38. The third kappa shape index (κ3) is 3.31. The molecule has 1 aromatic carbocycles. The lowest BCUT2D eigenvalue weighted by Gasteiger charge is -2.11. The molecule has 2 N–H and O–H groups in total. The lowest BCUT2D eigenvalue weighted by molar-refractivity contribution is 0.577. The summed E-state index contributed by atoms with van der Waals surface area (Å²) >= 11 is 0. The van der Waals surface area contributed by atoms with Gasteiger partial charge in [-0.2, -0.15) is 0 Å². The van der Waals surface area contributed by atoms with E-state index in [2.05, 4.69) is 10.0 Å². The van der Waals surface area contributed by atoms with Gasteiger partial charge < -0.3 is 5.32 Å². The van der Waals surface area contributed by atoms with Crippen LogP contribution in [0.4, 0.5) is 0 Å². The molecule has 1 atom stereocenters. The van der Waals surface area contributed by atoms with Crippen LogP contribution in [0, 0.1) is 5.92 Å². The van der Waals surface area contributed by atoms with Gasteiger partial charge in [-0.3, -0.25) is 0 Å². The number of hydrogen-bond donors (Lipinski definition) is 2. The van der Waals surface area contributed by atoms with Gasteiger partial charge in [0.05, 0.1) is 4.90 Å². The fourth-order valence-corrected chi connectivity index (χ4v) is 2.85. The van der Waals surface area contributed by atoms with Crippen LogP contribution in [0.2, 0.25) is 0 Å². The molecule has 18 heavy (non-hydrogen) atoms.